The van der Waals surface area contributed by atoms with Gasteiger partial charge in [-0.05, 0) is 69.5 Å². The molecule has 150 valence electrons. The number of allylic oxidation sites excluding steroid dienone is 2. The molecular weight excluding hydrogens is 374 g/mol. The molecule has 6 nitrogen and oxygen atoms in total. The highest BCUT2D eigenvalue weighted by Crippen LogP contribution is 2.26. The van der Waals surface area contributed by atoms with E-state index in [9.17, 15) is 4.79 Å². The predicted octanol–water partition coefficient (Wildman–Crippen LogP) is 4.38. The monoisotopic (exact) mass is 401 g/mol. The molecule has 0 radical (unpaired) electrons. The number of methoxy groups -OCH3 is 2. The van der Waals surface area contributed by atoms with Crippen LogP contribution in [0.2, 0.25) is 0 Å². The average Bonchev–Trinajstić information content (AvgIpc) is 2.71. The summed E-state index contributed by atoms with van der Waals surface area (Å²) < 4.78 is 14.6. The highest BCUT2D eigenvalue weighted by atomic mass is 32.1. The smallest absolute Gasteiger partial charge is 0.281 e. The molecule has 0 fully saturated rings. The molecule has 1 heterocycles. The molecule has 0 N–H and O–H groups in total. The van der Waals surface area contributed by atoms with Crippen molar-refractivity contribution in [3.63, 3.8) is 0 Å². The number of benzene rings is 1. The third-order valence-electron chi connectivity index (χ3n) is 4.99. The minimum Gasteiger partial charge on any atom is -0.497 e. The number of nitrogens with zero attached hydrogens (tertiary/aromatic N) is 3. The van der Waals surface area contributed by atoms with E-state index in [1.54, 1.807) is 23.5 Å². The molecule has 7 heteroatoms. The van der Waals surface area contributed by atoms with Crippen LogP contribution in [0.1, 0.15) is 56.8 Å². The predicted molar refractivity (Wildman–Crippen MR) is 113 cm³/mol. The number of hydrogen-bond donors (Lipinski definition) is 0. The zero-order valence-corrected chi connectivity index (χ0v) is 17.7. The zero-order valence-electron chi connectivity index (χ0n) is 16.9. The van der Waals surface area contributed by atoms with Gasteiger partial charge < -0.3 is 9.47 Å². The van der Waals surface area contributed by atoms with Crippen LogP contribution in [0.3, 0.4) is 0 Å². The number of aromatic nitrogens is 3. The lowest BCUT2D eigenvalue weighted by Gasteiger charge is -2.19. The van der Waals surface area contributed by atoms with E-state index < -0.39 is 0 Å². The van der Waals surface area contributed by atoms with Crippen LogP contribution in [0, 0.1) is 4.77 Å². The lowest BCUT2D eigenvalue weighted by Crippen LogP contribution is -2.32. The van der Waals surface area contributed by atoms with Crippen LogP contribution in [0.4, 0.5) is 0 Å². The van der Waals surface area contributed by atoms with Crippen LogP contribution in [0.25, 0.3) is 5.57 Å². The summed E-state index contributed by atoms with van der Waals surface area (Å²) in [6.45, 7) is 4.36. The van der Waals surface area contributed by atoms with Gasteiger partial charge in [0, 0.05) is 17.7 Å². The highest BCUT2D eigenvalue weighted by molar-refractivity contribution is 7.71. The van der Waals surface area contributed by atoms with Gasteiger partial charge in [0.1, 0.15) is 11.5 Å². The van der Waals surface area contributed by atoms with Crippen molar-refractivity contribution in [2.45, 2.75) is 52.1 Å². The van der Waals surface area contributed by atoms with E-state index in [-0.39, 0.29) is 11.6 Å². The van der Waals surface area contributed by atoms with E-state index in [0.29, 0.717) is 28.5 Å². The Hall–Kier alpha value is -2.41. The van der Waals surface area contributed by atoms with Gasteiger partial charge in [-0.25, -0.2) is 4.68 Å². The molecule has 2 aromatic rings. The normalized spacial score (nSPS) is 14.1. The molecular formula is C21H27N3O3S. The Morgan fingerprint density at radius 1 is 1.21 bits per heavy atom. The van der Waals surface area contributed by atoms with Crippen molar-refractivity contribution in [1.29, 1.82) is 0 Å². The fourth-order valence-electron chi connectivity index (χ4n) is 3.42. The molecule has 3 rings (SSSR count). The Kier molecular flexibility index (Phi) is 6.34. The fraction of sp³-hybridized carbons (Fsp3) is 0.476. The minimum absolute atomic E-state index is 0.0556. The van der Waals surface area contributed by atoms with Crippen molar-refractivity contribution in [2.24, 2.45) is 0 Å². The van der Waals surface area contributed by atoms with Gasteiger partial charge in [0.25, 0.3) is 5.56 Å². The number of rotatable bonds is 6. The second kappa shape index (κ2) is 8.73. The van der Waals surface area contributed by atoms with E-state index in [2.05, 4.69) is 11.2 Å². The van der Waals surface area contributed by atoms with E-state index in [4.69, 9.17) is 21.7 Å². The maximum Gasteiger partial charge on any atom is 0.281 e. The zero-order chi connectivity index (χ0) is 20.3. The van der Waals surface area contributed by atoms with E-state index in [1.807, 2.05) is 32.0 Å². The molecule has 1 aromatic carbocycles. The summed E-state index contributed by atoms with van der Waals surface area (Å²) in [7, 11) is 3.22. The van der Waals surface area contributed by atoms with Gasteiger partial charge >= 0.3 is 0 Å². The van der Waals surface area contributed by atoms with Crippen molar-refractivity contribution >= 4 is 17.8 Å². The summed E-state index contributed by atoms with van der Waals surface area (Å²) in [6, 6.07) is 5.62. The first kappa shape index (κ1) is 20.3. The minimum atomic E-state index is -0.145. The van der Waals surface area contributed by atoms with Crippen molar-refractivity contribution in [3.8, 4) is 11.5 Å². The van der Waals surface area contributed by atoms with Gasteiger partial charge in [0.2, 0.25) is 0 Å². The Morgan fingerprint density at radius 3 is 2.61 bits per heavy atom. The number of hydrogen-bond acceptors (Lipinski definition) is 5. The van der Waals surface area contributed by atoms with Crippen LogP contribution in [0.15, 0.2) is 29.1 Å². The quantitative estimate of drug-likeness (QED) is 0.673. The Balaban J connectivity index is 2.15. The van der Waals surface area contributed by atoms with Crippen molar-refractivity contribution < 1.29 is 9.47 Å². The molecule has 28 heavy (non-hydrogen) atoms. The molecule has 0 unspecified atom stereocenters. The molecule has 1 aliphatic carbocycles. The SMILES string of the molecule is COc1ccc(Cn2c(=O)c(C3=CCCCC3)nn(C(C)C)c2=S)c(OC)c1. The van der Waals surface area contributed by atoms with Crippen LogP contribution in [-0.4, -0.2) is 28.6 Å². The molecule has 1 aliphatic rings. The molecule has 0 saturated heterocycles. The first-order valence-electron chi connectivity index (χ1n) is 9.60. The Labute approximate surface area is 170 Å². The summed E-state index contributed by atoms with van der Waals surface area (Å²) >= 11 is 5.62. The molecule has 0 amide bonds. The highest BCUT2D eigenvalue weighted by Gasteiger charge is 2.19. The second-order valence-electron chi connectivity index (χ2n) is 7.21. The second-order valence-corrected chi connectivity index (χ2v) is 7.58. The molecule has 1 aromatic heterocycles. The Morgan fingerprint density at radius 2 is 2.00 bits per heavy atom. The standard InChI is InChI=1S/C21H27N3O3S/c1-14(2)24-21(28)23(13-16-10-11-17(26-3)12-18(16)27-4)20(25)19(22-24)15-8-6-5-7-9-15/h8,10-12,14H,5-7,9,13H2,1-4H3. The molecule has 0 spiro atoms. The fourth-order valence-corrected chi connectivity index (χ4v) is 3.81. The molecule has 0 atom stereocenters. The van der Waals surface area contributed by atoms with E-state index in [0.717, 1.165) is 36.8 Å². The maximum atomic E-state index is 13.3. The van der Waals surface area contributed by atoms with E-state index >= 15 is 0 Å². The third kappa shape index (κ3) is 4.04. The lowest BCUT2D eigenvalue weighted by atomic mass is 9.97. The van der Waals surface area contributed by atoms with Crippen LogP contribution >= 0.6 is 12.2 Å². The first-order valence-corrected chi connectivity index (χ1v) is 10.0. The molecule has 0 bridgehead atoms. The largest absolute Gasteiger partial charge is 0.497 e. The number of ether oxygens (including phenoxy) is 2. The van der Waals surface area contributed by atoms with Gasteiger partial charge in [0.05, 0.1) is 20.8 Å². The van der Waals surface area contributed by atoms with Crippen LogP contribution in [-0.2, 0) is 6.54 Å². The summed E-state index contributed by atoms with van der Waals surface area (Å²) in [5, 5.41) is 4.63. The van der Waals surface area contributed by atoms with Crippen LogP contribution < -0.4 is 15.0 Å². The van der Waals surface area contributed by atoms with Gasteiger partial charge in [-0.3, -0.25) is 9.36 Å². The van der Waals surface area contributed by atoms with Crippen molar-refractivity contribution in [2.75, 3.05) is 14.2 Å². The van der Waals surface area contributed by atoms with E-state index in [1.165, 1.54) is 0 Å². The van der Waals surface area contributed by atoms with Crippen molar-refractivity contribution in [1.82, 2.24) is 14.3 Å². The lowest BCUT2D eigenvalue weighted by molar-refractivity contribution is 0.389. The third-order valence-corrected chi connectivity index (χ3v) is 5.40. The maximum absolute atomic E-state index is 13.3. The Bertz CT molecular complexity index is 1000. The topological polar surface area (TPSA) is 58.3 Å². The summed E-state index contributed by atoms with van der Waals surface area (Å²) in [6.07, 6.45) is 6.24. The summed E-state index contributed by atoms with van der Waals surface area (Å²) in [4.78, 5) is 13.3. The van der Waals surface area contributed by atoms with Gasteiger partial charge in [-0.15, -0.1) is 0 Å². The first-order chi connectivity index (χ1) is 13.5. The van der Waals surface area contributed by atoms with Gasteiger partial charge in [-0.1, -0.05) is 6.08 Å². The van der Waals surface area contributed by atoms with Gasteiger partial charge in [0.15, 0.2) is 10.5 Å². The summed E-state index contributed by atoms with van der Waals surface area (Å²) in [5.41, 5.74) is 2.25. The van der Waals surface area contributed by atoms with Crippen molar-refractivity contribution in [3.05, 3.63) is 50.7 Å². The summed E-state index contributed by atoms with van der Waals surface area (Å²) in [5.74, 6) is 1.36. The van der Waals surface area contributed by atoms with Crippen LogP contribution in [0.5, 0.6) is 11.5 Å². The molecule has 0 saturated carbocycles. The molecule has 0 aliphatic heterocycles. The van der Waals surface area contributed by atoms with Gasteiger partial charge in [-0.2, -0.15) is 5.10 Å². The average molecular weight is 402 g/mol.